The first-order valence-corrected chi connectivity index (χ1v) is 10.5. The molecular weight excluding hydrogens is 390 g/mol. The van der Waals surface area contributed by atoms with Gasteiger partial charge in [-0.05, 0) is 80.5 Å². The normalized spacial score (nSPS) is 13.9. The van der Waals surface area contributed by atoms with Gasteiger partial charge < -0.3 is 14.8 Å². The molecule has 0 aliphatic heterocycles. The third-order valence-corrected chi connectivity index (χ3v) is 5.31. The van der Waals surface area contributed by atoms with E-state index in [4.69, 9.17) is 21.1 Å². The minimum atomic E-state index is -0.625. The Hall–Kier alpha value is -2.53. The van der Waals surface area contributed by atoms with Crippen molar-refractivity contribution in [2.75, 3.05) is 11.9 Å². The van der Waals surface area contributed by atoms with E-state index in [1.54, 1.807) is 19.1 Å². The van der Waals surface area contributed by atoms with Crippen molar-refractivity contribution < 1.29 is 19.1 Å². The number of amides is 1. The number of ether oxygens (including phenoxy) is 2. The van der Waals surface area contributed by atoms with Gasteiger partial charge in [-0.1, -0.05) is 24.6 Å². The fourth-order valence-electron chi connectivity index (χ4n) is 3.46. The monoisotopic (exact) mass is 415 g/mol. The topological polar surface area (TPSA) is 64.6 Å². The van der Waals surface area contributed by atoms with Gasteiger partial charge in [-0.15, -0.1) is 0 Å². The van der Waals surface area contributed by atoms with E-state index in [2.05, 4.69) is 17.4 Å². The van der Waals surface area contributed by atoms with Gasteiger partial charge in [0, 0.05) is 5.69 Å². The van der Waals surface area contributed by atoms with E-state index in [9.17, 15) is 9.59 Å². The Labute approximate surface area is 176 Å². The minimum Gasteiger partial charge on any atom is -0.481 e. The Bertz CT molecular complexity index is 896. The Balaban J connectivity index is 1.67. The lowest BCUT2D eigenvalue weighted by atomic mass is 9.92. The molecule has 29 heavy (non-hydrogen) atoms. The van der Waals surface area contributed by atoms with Gasteiger partial charge in [-0.25, -0.2) is 4.79 Å². The summed E-state index contributed by atoms with van der Waals surface area (Å²) in [6, 6.07) is 10.8. The van der Waals surface area contributed by atoms with Crippen molar-refractivity contribution in [3.8, 4) is 5.75 Å². The smallest absolute Gasteiger partial charge is 0.339 e. The van der Waals surface area contributed by atoms with Crippen LogP contribution in [-0.2, 0) is 22.4 Å². The number of hydrogen-bond donors (Lipinski definition) is 1. The number of aryl methyl sites for hydroxylation is 2. The molecule has 1 N–H and O–H groups in total. The van der Waals surface area contributed by atoms with Gasteiger partial charge in [-0.3, -0.25) is 4.79 Å². The van der Waals surface area contributed by atoms with Crippen molar-refractivity contribution >= 4 is 29.2 Å². The lowest BCUT2D eigenvalue weighted by Gasteiger charge is -2.20. The van der Waals surface area contributed by atoms with Crippen LogP contribution in [0.15, 0.2) is 36.4 Å². The van der Waals surface area contributed by atoms with E-state index in [0.717, 1.165) is 12.8 Å². The third-order valence-electron chi connectivity index (χ3n) is 4.99. The molecule has 3 rings (SSSR count). The molecule has 0 fully saturated rings. The maximum atomic E-state index is 12.7. The van der Waals surface area contributed by atoms with E-state index in [1.165, 1.54) is 30.0 Å². The second-order valence-electron chi connectivity index (χ2n) is 7.06. The Kier molecular flexibility index (Phi) is 7.15. The van der Waals surface area contributed by atoms with E-state index < -0.39 is 12.1 Å². The summed E-state index contributed by atoms with van der Waals surface area (Å²) in [7, 11) is 0. The summed E-state index contributed by atoms with van der Waals surface area (Å²) in [5.74, 6) is -0.0360. The van der Waals surface area contributed by atoms with Crippen LogP contribution in [-0.4, -0.2) is 24.6 Å². The molecule has 5 nitrogen and oxygen atoms in total. The van der Waals surface area contributed by atoms with Crippen LogP contribution in [0.2, 0.25) is 5.02 Å². The second kappa shape index (κ2) is 9.79. The molecule has 2 aromatic carbocycles. The van der Waals surface area contributed by atoms with Crippen molar-refractivity contribution in [3.05, 3.63) is 58.1 Å². The van der Waals surface area contributed by atoms with Crippen LogP contribution < -0.4 is 10.1 Å². The molecule has 1 aliphatic carbocycles. The summed E-state index contributed by atoms with van der Waals surface area (Å²) in [5.41, 5.74) is 3.45. The molecule has 1 aliphatic rings. The summed E-state index contributed by atoms with van der Waals surface area (Å²) in [6.45, 7) is 3.90. The van der Waals surface area contributed by atoms with E-state index in [-0.39, 0.29) is 23.1 Å². The number of anilines is 1. The maximum absolute atomic E-state index is 12.7. The number of halogens is 1. The number of hydrogen-bond acceptors (Lipinski definition) is 4. The number of esters is 1. The quantitative estimate of drug-likeness (QED) is 0.632. The van der Waals surface area contributed by atoms with Crippen LogP contribution in [0, 0.1) is 0 Å². The van der Waals surface area contributed by atoms with E-state index >= 15 is 0 Å². The Morgan fingerprint density at radius 2 is 1.83 bits per heavy atom. The zero-order valence-electron chi connectivity index (χ0n) is 16.8. The van der Waals surface area contributed by atoms with E-state index in [1.807, 2.05) is 13.0 Å². The molecule has 0 saturated heterocycles. The number of rotatable bonds is 7. The third kappa shape index (κ3) is 5.30. The van der Waals surface area contributed by atoms with Crippen LogP contribution in [0.1, 0.15) is 54.6 Å². The van der Waals surface area contributed by atoms with Crippen LogP contribution in [0.25, 0.3) is 0 Å². The lowest BCUT2D eigenvalue weighted by molar-refractivity contribution is -0.122. The molecule has 0 bridgehead atoms. The largest absolute Gasteiger partial charge is 0.481 e. The highest BCUT2D eigenvalue weighted by molar-refractivity contribution is 6.34. The van der Waals surface area contributed by atoms with Gasteiger partial charge in [-0.2, -0.15) is 0 Å². The number of fused-ring (bicyclic) bond motifs is 1. The number of carbonyl (C=O) groups excluding carboxylic acids is 2. The highest BCUT2D eigenvalue weighted by Crippen LogP contribution is 2.27. The van der Waals surface area contributed by atoms with Gasteiger partial charge in [0.05, 0.1) is 17.2 Å². The summed E-state index contributed by atoms with van der Waals surface area (Å²) < 4.78 is 10.9. The van der Waals surface area contributed by atoms with Gasteiger partial charge in [0.1, 0.15) is 5.75 Å². The highest BCUT2D eigenvalue weighted by Gasteiger charge is 2.20. The van der Waals surface area contributed by atoms with Crippen molar-refractivity contribution in [1.82, 2.24) is 0 Å². The maximum Gasteiger partial charge on any atom is 0.339 e. The van der Waals surface area contributed by atoms with Crippen molar-refractivity contribution in [1.29, 1.82) is 0 Å². The Morgan fingerprint density at radius 1 is 1.07 bits per heavy atom. The van der Waals surface area contributed by atoms with Gasteiger partial charge in [0.2, 0.25) is 0 Å². The minimum absolute atomic E-state index is 0.227. The molecule has 0 unspecified atom stereocenters. The fraction of sp³-hybridized carbons (Fsp3) is 0.391. The molecule has 0 heterocycles. The van der Waals surface area contributed by atoms with Gasteiger partial charge in [0.15, 0.2) is 6.10 Å². The zero-order chi connectivity index (χ0) is 20.8. The van der Waals surface area contributed by atoms with Gasteiger partial charge >= 0.3 is 5.97 Å². The highest BCUT2D eigenvalue weighted by atomic mass is 35.5. The Morgan fingerprint density at radius 3 is 2.52 bits per heavy atom. The fourth-order valence-corrected chi connectivity index (χ4v) is 3.72. The van der Waals surface area contributed by atoms with Crippen LogP contribution in [0.3, 0.4) is 0 Å². The van der Waals surface area contributed by atoms with Crippen LogP contribution in [0.5, 0.6) is 5.75 Å². The second-order valence-corrected chi connectivity index (χ2v) is 7.46. The van der Waals surface area contributed by atoms with Crippen molar-refractivity contribution in [3.63, 3.8) is 0 Å². The molecule has 0 saturated carbocycles. The van der Waals surface area contributed by atoms with Crippen molar-refractivity contribution in [2.24, 2.45) is 0 Å². The first-order valence-electron chi connectivity index (χ1n) is 10.1. The molecule has 1 atom stereocenters. The van der Waals surface area contributed by atoms with Crippen LogP contribution in [0.4, 0.5) is 5.69 Å². The molecule has 2 aromatic rings. The van der Waals surface area contributed by atoms with E-state index in [0.29, 0.717) is 17.9 Å². The number of carbonyl (C=O) groups is 2. The lowest BCUT2D eigenvalue weighted by Crippen LogP contribution is -2.32. The number of nitrogens with one attached hydrogen (secondary N) is 1. The molecular formula is C23H26ClNO4. The zero-order valence-corrected chi connectivity index (χ0v) is 17.6. The summed E-state index contributed by atoms with van der Waals surface area (Å²) in [4.78, 5) is 24.5. The summed E-state index contributed by atoms with van der Waals surface area (Å²) in [5, 5.41) is 3.04. The molecule has 0 radical (unpaired) electrons. The SMILES string of the molecule is CCOC(=O)c1ccc(NC(=O)[C@H](CC)Oc2ccc3c(c2)CCCC3)cc1Cl. The first-order chi connectivity index (χ1) is 14.0. The molecule has 0 aromatic heterocycles. The molecule has 0 spiro atoms. The predicted molar refractivity (Wildman–Crippen MR) is 114 cm³/mol. The molecule has 154 valence electrons. The van der Waals surface area contributed by atoms with Crippen LogP contribution >= 0.6 is 11.6 Å². The van der Waals surface area contributed by atoms with Crippen molar-refractivity contribution in [2.45, 2.75) is 52.1 Å². The standard InChI is InChI=1S/C23H26ClNO4/c1-3-21(29-18-11-9-15-7-5-6-8-16(15)13-18)22(26)25-17-10-12-19(20(24)14-17)23(27)28-4-2/h9-14,21H,3-8H2,1-2H3,(H,25,26)/t21-/m0/s1. The number of benzene rings is 2. The summed E-state index contributed by atoms with van der Waals surface area (Å²) in [6.07, 6.45) is 4.48. The average molecular weight is 416 g/mol. The molecule has 6 heteroatoms. The average Bonchev–Trinajstić information content (AvgIpc) is 2.72. The summed E-state index contributed by atoms with van der Waals surface area (Å²) >= 11 is 6.17. The predicted octanol–water partition coefficient (Wildman–Crippen LogP) is 5.19. The first kappa shape index (κ1) is 21.2. The van der Waals surface area contributed by atoms with Gasteiger partial charge in [0.25, 0.3) is 5.91 Å². The molecule has 1 amide bonds.